The van der Waals surface area contributed by atoms with Crippen LogP contribution >= 0.6 is 0 Å². The molecule has 1 unspecified atom stereocenters. The Labute approximate surface area is 122 Å². The van der Waals surface area contributed by atoms with Crippen LogP contribution in [0.25, 0.3) is 0 Å². The van der Waals surface area contributed by atoms with Gasteiger partial charge in [0.05, 0.1) is 5.69 Å². The van der Waals surface area contributed by atoms with Crippen LogP contribution in [0.1, 0.15) is 44.6 Å². The van der Waals surface area contributed by atoms with Crippen LogP contribution in [0.2, 0.25) is 0 Å². The van der Waals surface area contributed by atoms with Gasteiger partial charge in [-0.3, -0.25) is 0 Å². The molecule has 2 N–H and O–H groups in total. The fourth-order valence-corrected chi connectivity index (χ4v) is 3.40. The molecule has 0 bridgehead atoms. The molecule has 1 aliphatic heterocycles. The fraction of sp³-hybridized carbons (Fsp3) is 0.647. The zero-order chi connectivity index (χ0) is 13.8. The molecule has 2 aliphatic rings. The summed E-state index contributed by atoms with van der Waals surface area (Å²) >= 11 is 0. The summed E-state index contributed by atoms with van der Waals surface area (Å²) in [6, 6.07) is 7.82. The predicted octanol–water partition coefficient (Wildman–Crippen LogP) is 3.34. The SMILES string of the molecule is CC(Cc1ccc2c(c1)NCCO2)NC1CCCCC1. The maximum absolute atomic E-state index is 5.63. The maximum Gasteiger partial charge on any atom is 0.142 e. The number of nitrogens with one attached hydrogen (secondary N) is 2. The van der Waals surface area contributed by atoms with Gasteiger partial charge in [0.25, 0.3) is 0 Å². The summed E-state index contributed by atoms with van der Waals surface area (Å²) in [5.41, 5.74) is 2.54. The second-order valence-corrected chi connectivity index (χ2v) is 6.21. The van der Waals surface area contributed by atoms with E-state index in [0.717, 1.165) is 37.1 Å². The van der Waals surface area contributed by atoms with Gasteiger partial charge in [0.1, 0.15) is 12.4 Å². The lowest BCUT2D eigenvalue weighted by molar-refractivity contribution is 0.323. The number of benzene rings is 1. The summed E-state index contributed by atoms with van der Waals surface area (Å²) in [7, 11) is 0. The van der Waals surface area contributed by atoms with E-state index in [4.69, 9.17) is 4.74 Å². The van der Waals surface area contributed by atoms with Gasteiger partial charge in [-0.25, -0.2) is 0 Å². The molecule has 1 heterocycles. The number of hydrogen-bond donors (Lipinski definition) is 2. The highest BCUT2D eigenvalue weighted by molar-refractivity contribution is 5.59. The number of fused-ring (bicyclic) bond motifs is 1. The summed E-state index contributed by atoms with van der Waals surface area (Å²) in [5, 5.41) is 7.21. The quantitative estimate of drug-likeness (QED) is 0.883. The molecule has 1 fully saturated rings. The highest BCUT2D eigenvalue weighted by atomic mass is 16.5. The predicted molar refractivity (Wildman–Crippen MR) is 83.6 cm³/mol. The Hall–Kier alpha value is -1.22. The maximum atomic E-state index is 5.63. The molecular weight excluding hydrogens is 248 g/mol. The lowest BCUT2D eigenvalue weighted by atomic mass is 9.94. The smallest absolute Gasteiger partial charge is 0.142 e. The van der Waals surface area contributed by atoms with Crippen molar-refractivity contribution >= 4 is 5.69 Å². The van der Waals surface area contributed by atoms with Gasteiger partial charge in [0.2, 0.25) is 0 Å². The van der Waals surface area contributed by atoms with E-state index in [2.05, 4.69) is 35.8 Å². The first-order chi connectivity index (χ1) is 9.81. The molecule has 1 aliphatic carbocycles. The number of hydrogen-bond acceptors (Lipinski definition) is 3. The molecule has 0 spiro atoms. The summed E-state index contributed by atoms with van der Waals surface area (Å²) in [6.07, 6.45) is 8.00. The van der Waals surface area contributed by atoms with E-state index in [1.54, 1.807) is 0 Å². The van der Waals surface area contributed by atoms with E-state index in [1.807, 2.05) is 0 Å². The van der Waals surface area contributed by atoms with Gasteiger partial charge >= 0.3 is 0 Å². The van der Waals surface area contributed by atoms with Crippen molar-refractivity contribution in [2.75, 3.05) is 18.5 Å². The molecule has 1 aromatic rings. The Kier molecular flexibility index (Phi) is 4.46. The van der Waals surface area contributed by atoms with E-state index in [-0.39, 0.29) is 0 Å². The normalized spacial score (nSPS) is 20.6. The first-order valence-electron chi connectivity index (χ1n) is 8.07. The van der Waals surface area contributed by atoms with Crippen molar-refractivity contribution in [1.29, 1.82) is 0 Å². The Morgan fingerprint density at radius 3 is 3.00 bits per heavy atom. The van der Waals surface area contributed by atoms with Crippen molar-refractivity contribution in [2.24, 2.45) is 0 Å². The van der Waals surface area contributed by atoms with Crippen LogP contribution < -0.4 is 15.4 Å². The lowest BCUT2D eigenvalue weighted by Gasteiger charge is -2.27. The van der Waals surface area contributed by atoms with E-state index in [0.29, 0.717) is 6.04 Å². The monoisotopic (exact) mass is 274 g/mol. The van der Waals surface area contributed by atoms with Crippen LogP contribution in [-0.4, -0.2) is 25.2 Å². The Bertz CT molecular complexity index is 441. The van der Waals surface area contributed by atoms with Gasteiger partial charge in [-0.1, -0.05) is 25.3 Å². The van der Waals surface area contributed by atoms with Gasteiger partial charge in [0.15, 0.2) is 0 Å². The van der Waals surface area contributed by atoms with E-state index >= 15 is 0 Å². The molecule has 0 amide bonds. The van der Waals surface area contributed by atoms with Crippen LogP contribution in [0.4, 0.5) is 5.69 Å². The zero-order valence-electron chi connectivity index (χ0n) is 12.5. The Balaban J connectivity index is 1.56. The minimum Gasteiger partial charge on any atom is -0.490 e. The van der Waals surface area contributed by atoms with Crippen molar-refractivity contribution < 1.29 is 4.74 Å². The highest BCUT2D eigenvalue weighted by Crippen LogP contribution is 2.28. The number of anilines is 1. The summed E-state index contributed by atoms with van der Waals surface area (Å²) in [4.78, 5) is 0. The zero-order valence-corrected chi connectivity index (χ0v) is 12.5. The summed E-state index contributed by atoms with van der Waals surface area (Å²) < 4.78 is 5.63. The van der Waals surface area contributed by atoms with E-state index in [1.165, 1.54) is 37.7 Å². The van der Waals surface area contributed by atoms with Gasteiger partial charge in [-0.15, -0.1) is 0 Å². The fourth-order valence-electron chi connectivity index (χ4n) is 3.40. The second-order valence-electron chi connectivity index (χ2n) is 6.21. The number of ether oxygens (including phenoxy) is 1. The third-order valence-electron chi connectivity index (χ3n) is 4.39. The van der Waals surface area contributed by atoms with Crippen LogP contribution in [0.3, 0.4) is 0 Å². The standard InChI is InChI=1S/C17H26N2O/c1-13(19-15-5-3-2-4-6-15)11-14-7-8-17-16(12-14)18-9-10-20-17/h7-8,12-13,15,18-19H,2-6,9-11H2,1H3. The topological polar surface area (TPSA) is 33.3 Å². The van der Waals surface area contributed by atoms with Gasteiger partial charge in [0, 0.05) is 18.6 Å². The van der Waals surface area contributed by atoms with Crippen LogP contribution in [-0.2, 0) is 6.42 Å². The van der Waals surface area contributed by atoms with E-state index in [9.17, 15) is 0 Å². The Morgan fingerprint density at radius 2 is 2.15 bits per heavy atom. The third-order valence-corrected chi connectivity index (χ3v) is 4.39. The molecule has 3 rings (SSSR count). The highest BCUT2D eigenvalue weighted by Gasteiger charge is 2.16. The molecule has 3 heteroatoms. The molecule has 0 saturated heterocycles. The third kappa shape index (κ3) is 3.45. The summed E-state index contributed by atoms with van der Waals surface area (Å²) in [5.74, 6) is 0.993. The second kappa shape index (κ2) is 6.49. The molecule has 1 atom stereocenters. The van der Waals surface area contributed by atoms with Gasteiger partial charge in [-0.05, 0) is 43.9 Å². The Morgan fingerprint density at radius 1 is 1.30 bits per heavy atom. The van der Waals surface area contributed by atoms with E-state index < -0.39 is 0 Å². The van der Waals surface area contributed by atoms with Crippen molar-refractivity contribution in [3.8, 4) is 5.75 Å². The average molecular weight is 274 g/mol. The van der Waals surface area contributed by atoms with Crippen molar-refractivity contribution in [3.63, 3.8) is 0 Å². The summed E-state index contributed by atoms with van der Waals surface area (Å²) in [6.45, 7) is 3.98. The van der Waals surface area contributed by atoms with Gasteiger partial charge in [-0.2, -0.15) is 0 Å². The molecule has 1 saturated carbocycles. The first-order valence-corrected chi connectivity index (χ1v) is 8.07. The van der Waals surface area contributed by atoms with Gasteiger partial charge < -0.3 is 15.4 Å². The minimum atomic E-state index is 0.542. The van der Waals surface area contributed by atoms with Crippen LogP contribution in [0.15, 0.2) is 18.2 Å². The molecule has 1 aromatic carbocycles. The lowest BCUT2D eigenvalue weighted by Crippen LogP contribution is -2.38. The van der Waals surface area contributed by atoms with Crippen molar-refractivity contribution in [3.05, 3.63) is 23.8 Å². The van der Waals surface area contributed by atoms with Crippen molar-refractivity contribution in [2.45, 2.75) is 57.5 Å². The molecular formula is C17H26N2O. The molecule has 0 aromatic heterocycles. The van der Waals surface area contributed by atoms with Crippen molar-refractivity contribution in [1.82, 2.24) is 5.32 Å². The minimum absolute atomic E-state index is 0.542. The first kappa shape index (κ1) is 13.7. The molecule has 110 valence electrons. The molecule has 0 radical (unpaired) electrons. The number of rotatable bonds is 4. The largest absolute Gasteiger partial charge is 0.490 e. The molecule has 3 nitrogen and oxygen atoms in total. The van der Waals surface area contributed by atoms with Crippen LogP contribution in [0.5, 0.6) is 5.75 Å². The average Bonchev–Trinajstić information content (AvgIpc) is 2.48. The molecule has 20 heavy (non-hydrogen) atoms. The van der Waals surface area contributed by atoms with Crippen LogP contribution in [0, 0.1) is 0 Å².